The van der Waals surface area contributed by atoms with E-state index in [0.29, 0.717) is 5.75 Å². The standard InChI is InChI=1S/C17H22N6S/c1-12-6-7-14(13(2)8-12)22-11-19-21-16(22)24-9-15-18-10-20-23(15)17(3,4)5/h6-8,10-11H,9H2,1-5H3. The quantitative estimate of drug-likeness (QED) is 0.679. The number of hydrogen-bond acceptors (Lipinski definition) is 5. The molecule has 2 aromatic heterocycles. The highest BCUT2D eigenvalue weighted by atomic mass is 32.2. The van der Waals surface area contributed by atoms with Gasteiger partial charge in [0.15, 0.2) is 5.16 Å². The number of hydrogen-bond donors (Lipinski definition) is 0. The van der Waals surface area contributed by atoms with Crippen LogP contribution in [0.5, 0.6) is 0 Å². The highest BCUT2D eigenvalue weighted by Gasteiger charge is 2.19. The Bertz CT molecular complexity index is 843. The average molecular weight is 342 g/mol. The maximum atomic E-state index is 4.39. The summed E-state index contributed by atoms with van der Waals surface area (Å²) in [6.07, 6.45) is 3.37. The Labute approximate surface area is 146 Å². The largest absolute Gasteiger partial charge is 0.276 e. The number of thioether (sulfide) groups is 1. The average Bonchev–Trinajstić information content (AvgIpc) is 3.13. The normalized spacial score (nSPS) is 11.9. The zero-order valence-corrected chi connectivity index (χ0v) is 15.5. The third-order valence-electron chi connectivity index (χ3n) is 3.71. The summed E-state index contributed by atoms with van der Waals surface area (Å²) in [5, 5.41) is 13.5. The molecular formula is C17H22N6S. The van der Waals surface area contributed by atoms with Crippen molar-refractivity contribution in [2.24, 2.45) is 0 Å². The van der Waals surface area contributed by atoms with E-state index in [-0.39, 0.29) is 5.54 Å². The molecule has 0 unspecified atom stereocenters. The third kappa shape index (κ3) is 3.36. The van der Waals surface area contributed by atoms with Crippen molar-refractivity contribution in [2.75, 3.05) is 0 Å². The predicted octanol–water partition coefficient (Wildman–Crippen LogP) is 3.52. The Kier molecular flexibility index (Phi) is 4.45. The fourth-order valence-electron chi connectivity index (χ4n) is 2.62. The van der Waals surface area contributed by atoms with Gasteiger partial charge < -0.3 is 0 Å². The first kappa shape index (κ1) is 16.7. The first-order valence-corrected chi connectivity index (χ1v) is 8.84. The molecule has 0 aliphatic rings. The fraction of sp³-hybridized carbons (Fsp3) is 0.412. The van der Waals surface area contributed by atoms with Crippen LogP contribution in [0.25, 0.3) is 5.69 Å². The molecule has 0 amide bonds. The van der Waals surface area contributed by atoms with Gasteiger partial charge in [-0.1, -0.05) is 29.5 Å². The summed E-state index contributed by atoms with van der Waals surface area (Å²) in [6, 6.07) is 6.38. The summed E-state index contributed by atoms with van der Waals surface area (Å²) in [5.41, 5.74) is 3.46. The van der Waals surface area contributed by atoms with Gasteiger partial charge in [0.2, 0.25) is 0 Å². The van der Waals surface area contributed by atoms with Gasteiger partial charge in [-0.2, -0.15) is 5.10 Å². The first-order valence-electron chi connectivity index (χ1n) is 7.86. The molecule has 0 atom stereocenters. The van der Waals surface area contributed by atoms with Gasteiger partial charge in [0.1, 0.15) is 18.5 Å². The van der Waals surface area contributed by atoms with Crippen LogP contribution in [-0.4, -0.2) is 29.5 Å². The molecule has 3 rings (SSSR count). The SMILES string of the molecule is Cc1ccc(-n2cnnc2SCc2ncnn2C(C)(C)C)c(C)c1. The molecule has 0 fully saturated rings. The van der Waals surface area contributed by atoms with Gasteiger partial charge in [-0.25, -0.2) is 9.67 Å². The molecule has 2 heterocycles. The molecular weight excluding hydrogens is 320 g/mol. The van der Waals surface area contributed by atoms with Crippen LogP contribution in [0, 0.1) is 13.8 Å². The second kappa shape index (κ2) is 6.39. The molecule has 0 radical (unpaired) electrons. The van der Waals surface area contributed by atoms with Crippen molar-refractivity contribution in [1.29, 1.82) is 0 Å². The Morgan fingerprint density at radius 2 is 1.96 bits per heavy atom. The van der Waals surface area contributed by atoms with Crippen LogP contribution in [-0.2, 0) is 11.3 Å². The van der Waals surface area contributed by atoms with Gasteiger partial charge in [0.25, 0.3) is 0 Å². The van der Waals surface area contributed by atoms with E-state index in [1.165, 1.54) is 11.1 Å². The Morgan fingerprint density at radius 1 is 1.17 bits per heavy atom. The Hall–Kier alpha value is -2.15. The van der Waals surface area contributed by atoms with Crippen LogP contribution < -0.4 is 0 Å². The van der Waals surface area contributed by atoms with Gasteiger partial charge in [-0.05, 0) is 46.2 Å². The van der Waals surface area contributed by atoms with E-state index in [2.05, 4.69) is 73.1 Å². The van der Waals surface area contributed by atoms with Gasteiger partial charge in [0.05, 0.1) is 17.0 Å². The van der Waals surface area contributed by atoms with E-state index in [9.17, 15) is 0 Å². The Morgan fingerprint density at radius 3 is 2.67 bits per heavy atom. The monoisotopic (exact) mass is 342 g/mol. The Balaban J connectivity index is 1.84. The topological polar surface area (TPSA) is 61.4 Å². The summed E-state index contributed by atoms with van der Waals surface area (Å²) < 4.78 is 3.98. The summed E-state index contributed by atoms with van der Waals surface area (Å²) in [5.74, 6) is 1.63. The van der Waals surface area contributed by atoms with E-state index in [0.717, 1.165) is 16.7 Å². The number of aryl methyl sites for hydroxylation is 2. The highest BCUT2D eigenvalue weighted by Crippen LogP contribution is 2.26. The van der Waals surface area contributed by atoms with Gasteiger partial charge >= 0.3 is 0 Å². The minimum atomic E-state index is -0.0897. The van der Waals surface area contributed by atoms with E-state index in [1.807, 2.05) is 9.25 Å². The molecule has 6 nitrogen and oxygen atoms in total. The first-order chi connectivity index (χ1) is 11.4. The lowest BCUT2D eigenvalue weighted by molar-refractivity contribution is 0.345. The lowest BCUT2D eigenvalue weighted by atomic mass is 10.1. The molecule has 24 heavy (non-hydrogen) atoms. The van der Waals surface area contributed by atoms with E-state index < -0.39 is 0 Å². The summed E-state index contributed by atoms with van der Waals surface area (Å²) in [7, 11) is 0. The zero-order valence-electron chi connectivity index (χ0n) is 14.7. The maximum Gasteiger partial charge on any atom is 0.196 e. The van der Waals surface area contributed by atoms with Crippen molar-refractivity contribution in [3.8, 4) is 5.69 Å². The second-order valence-electron chi connectivity index (χ2n) is 6.82. The highest BCUT2D eigenvalue weighted by molar-refractivity contribution is 7.98. The molecule has 0 N–H and O–H groups in total. The van der Waals surface area contributed by atoms with Gasteiger partial charge in [0, 0.05) is 0 Å². The molecule has 0 spiro atoms. The van der Waals surface area contributed by atoms with Crippen molar-refractivity contribution in [2.45, 2.75) is 51.1 Å². The molecule has 0 bridgehead atoms. The smallest absolute Gasteiger partial charge is 0.196 e. The van der Waals surface area contributed by atoms with Crippen molar-refractivity contribution in [3.63, 3.8) is 0 Å². The third-order valence-corrected chi connectivity index (χ3v) is 4.65. The van der Waals surface area contributed by atoms with Crippen LogP contribution >= 0.6 is 11.8 Å². The number of rotatable bonds is 4. The molecule has 0 aliphatic heterocycles. The van der Waals surface area contributed by atoms with Crippen molar-refractivity contribution in [1.82, 2.24) is 29.5 Å². The van der Waals surface area contributed by atoms with Crippen LogP contribution in [0.3, 0.4) is 0 Å². The predicted molar refractivity (Wildman–Crippen MR) is 95.4 cm³/mol. The molecule has 7 heteroatoms. The van der Waals surface area contributed by atoms with Crippen LogP contribution in [0.15, 0.2) is 36.0 Å². The maximum absolute atomic E-state index is 4.39. The fourth-order valence-corrected chi connectivity index (χ4v) is 3.46. The van der Waals surface area contributed by atoms with E-state index >= 15 is 0 Å². The van der Waals surface area contributed by atoms with E-state index in [4.69, 9.17) is 0 Å². The number of benzene rings is 1. The molecule has 126 valence electrons. The lowest BCUT2D eigenvalue weighted by Crippen LogP contribution is -2.25. The molecule has 0 aliphatic carbocycles. The second-order valence-corrected chi connectivity index (χ2v) is 7.76. The van der Waals surface area contributed by atoms with E-state index in [1.54, 1.807) is 24.4 Å². The van der Waals surface area contributed by atoms with Gasteiger partial charge in [-0.15, -0.1) is 10.2 Å². The molecule has 1 aromatic carbocycles. The number of nitrogens with zero attached hydrogens (tertiary/aromatic N) is 6. The molecule has 0 saturated carbocycles. The van der Waals surface area contributed by atoms with Crippen molar-refractivity contribution < 1.29 is 0 Å². The van der Waals surface area contributed by atoms with Crippen molar-refractivity contribution >= 4 is 11.8 Å². The minimum Gasteiger partial charge on any atom is -0.276 e. The summed E-state index contributed by atoms with van der Waals surface area (Å²) in [6.45, 7) is 10.6. The summed E-state index contributed by atoms with van der Waals surface area (Å²) >= 11 is 1.62. The van der Waals surface area contributed by atoms with Gasteiger partial charge in [-0.3, -0.25) is 4.57 Å². The van der Waals surface area contributed by atoms with Crippen molar-refractivity contribution in [3.05, 3.63) is 47.8 Å². The number of aromatic nitrogens is 6. The van der Waals surface area contributed by atoms with Crippen LogP contribution in [0.4, 0.5) is 0 Å². The van der Waals surface area contributed by atoms with Crippen LogP contribution in [0.1, 0.15) is 37.7 Å². The lowest BCUT2D eigenvalue weighted by Gasteiger charge is -2.21. The zero-order chi connectivity index (χ0) is 17.3. The summed E-state index contributed by atoms with van der Waals surface area (Å²) in [4.78, 5) is 4.39. The molecule has 3 aromatic rings. The molecule has 0 saturated heterocycles. The van der Waals surface area contributed by atoms with Crippen LogP contribution in [0.2, 0.25) is 0 Å². The minimum absolute atomic E-state index is 0.0897.